The quantitative estimate of drug-likeness (QED) is 0.0362. The zero-order valence-corrected chi connectivity index (χ0v) is 30.9. The number of phenolic OH excluding ortho intramolecular Hbond substituents is 2. The lowest BCUT2D eigenvalue weighted by atomic mass is 9.71. The van der Waals surface area contributed by atoms with Gasteiger partial charge in [0.1, 0.15) is 17.9 Å². The van der Waals surface area contributed by atoms with E-state index in [1.807, 2.05) is 0 Å². The molecule has 2 bridgehead atoms. The number of hydroxylamine groups is 2. The number of benzene rings is 1. The average Bonchev–Trinajstić information content (AvgIpc) is 3.68. The second-order valence-corrected chi connectivity index (χ2v) is 16.4. The zero-order valence-electron chi connectivity index (χ0n) is 29.3. The number of fused-ring (bicyclic) bond motifs is 5. The van der Waals surface area contributed by atoms with Crippen molar-refractivity contribution in [2.24, 2.45) is 16.5 Å². The van der Waals surface area contributed by atoms with E-state index in [1.165, 1.54) is 22.0 Å². The van der Waals surface area contributed by atoms with E-state index in [0.29, 0.717) is 60.6 Å². The summed E-state index contributed by atoms with van der Waals surface area (Å²) in [5.74, 6) is -8.97. The number of aromatic nitrogens is 1. The van der Waals surface area contributed by atoms with Gasteiger partial charge in [-0.25, -0.2) is 14.6 Å². The highest BCUT2D eigenvalue weighted by atomic mass is 32.2. The van der Waals surface area contributed by atoms with Gasteiger partial charge in [0.05, 0.1) is 55.1 Å². The third kappa shape index (κ3) is 6.92. The molecule has 0 spiro atoms. The van der Waals surface area contributed by atoms with E-state index < -0.39 is 88.9 Å². The number of nitrogen functional groups attached to an aromatic ring is 1. The van der Waals surface area contributed by atoms with Crippen LogP contribution in [-0.4, -0.2) is 142 Å². The maximum absolute atomic E-state index is 13.6. The van der Waals surface area contributed by atoms with Crippen LogP contribution >= 0.6 is 23.1 Å². The van der Waals surface area contributed by atoms with Crippen LogP contribution in [0, 0.1) is 11.3 Å². The zero-order chi connectivity index (χ0) is 40.3. The number of phenols is 2. The van der Waals surface area contributed by atoms with Crippen molar-refractivity contribution in [3.63, 3.8) is 0 Å². The van der Waals surface area contributed by atoms with E-state index in [4.69, 9.17) is 20.5 Å². The molecule has 0 aliphatic carbocycles. The first-order valence-corrected chi connectivity index (χ1v) is 19.2. The maximum Gasteiger partial charge on any atom is 0.352 e. The lowest BCUT2D eigenvalue weighted by Gasteiger charge is -2.56. The van der Waals surface area contributed by atoms with Crippen LogP contribution in [0.2, 0.25) is 0 Å². The summed E-state index contributed by atoms with van der Waals surface area (Å²) in [6.45, 7) is 2.42. The number of carbonyl (C=O) groups is 7. The predicted molar refractivity (Wildman–Crippen MR) is 191 cm³/mol. The number of aliphatic carboxylic acids is 3. The van der Waals surface area contributed by atoms with Gasteiger partial charge in [-0.2, -0.15) is 0 Å². The van der Waals surface area contributed by atoms with Crippen LogP contribution in [-0.2, 0) is 33.6 Å². The van der Waals surface area contributed by atoms with Crippen LogP contribution in [0.3, 0.4) is 0 Å². The molecule has 296 valence electrons. The first kappa shape index (κ1) is 38.7. The molecule has 1 aromatic carbocycles. The van der Waals surface area contributed by atoms with E-state index in [2.05, 4.69) is 10.1 Å². The third-order valence-electron chi connectivity index (χ3n) is 11.0. The number of carboxylic acids is 3. The number of hydrogen-bond donors (Lipinski definition) is 6. The number of β-lactam (4-membered cyclic amide) rings is 1. The Labute approximate surface area is 324 Å². The summed E-state index contributed by atoms with van der Waals surface area (Å²) in [5.41, 5.74) is 5.13. The van der Waals surface area contributed by atoms with Crippen molar-refractivity contribution in [1.82, 2.24) is 14.9 Å². The number of piperidine rings is 3. The van der Waals surface area contributed by atoms with Crippen molar-refractivity contribution in [1.29, 1.82) is 0 Å². The van der Waals surface area contributed by atoms with Crippen LogP contribution in [0.4, 0.5) is 5.13 Å². The number of amides is 3. The number of thioether (sulfide) groups is 1. The van der Waals surface area contributed by atoms with Crippen LogP contribution in [0.5, 0.6) is 11.5 Å². The number of anilines is 1. The first-order chi connectivity index (χ1) is 26.5. The number of thiazole rings is 1. The Bertz CT molecular complexity index is 2090. The SMILES string of the molecule is Nc1nc(/C(=N/O[C@@H](CC(=O)O)C(=O)O)C(=O)C[C@@H]2C(=O)N3C(C(=O)O)=C(C[N+]45CCC(CON6C(=O)c7cc(O)c(O)cc7C6=O)(CC4)CC5)CS[C@H]23)cs1. The van der Waals surface area contributed by atoms with Crippen molar-refractivity contribution >= 4 is 75.4 Å². The van der Waals surface area contributed by atoms with Gasteiger partial charge in [0.15, 0.2) is 28.1 Å². The minimum Gasteiger partial charge on any atom is -0.504 e. The number of carbonyl (C=O) groups excluding carboxylic acids is 4. The molecule has 3 atom stereocenters. The van der Waals surface area contributed by atoms with E-state index in [0.717, 1.165) is 23.5 Å². The molecule has 56 heavy (non-hydrogen) atoms. The molecule has 0 unspecified atom stereocenters. The Kier molecular flexibility index (Phi) is 10.0. The van der Waals surface area contributed by atoms with Crippen molar-refractivity contribution in [3.8, 4) is 11.5 Å². The van der Waals surface area contributed by atoms with Gasteiger partial charge in [0.2, 0.25) is 12.0 Å². The number of hydrogen-bond acceptors (Lipinski definition) is 16. The molecule has 6 aliphatic heterocycles. The summed E-state index contributed by atoms with van der Waals surface area (Å²) >= 11 is 2.27. The topological polar surface area (TPSA) is 297 Å². The molecular weight excluding hydrogens is 781 g/mol. The molecule has 22 heteroatoms. The molecule has 2 aromatic rings. The van der Waals surface area contributed by atoms with E-state index in [-0.39, 0.29) is 45.4 Å². The fourth-order valence-corrected chi connectivity index (χ4v) is 9.82. The molecule has 4 fully saturated rings. The molecule has 3 amide bonds. The fraction of sp³-hybridized carbons (Fsp3) is 0.441. The first-order valence-electron chi connectivity index (χ1n) is 17.3. The minimum atomic E-state index is -1.92. The Morgan fingerprint density at radius 3 is 2.18 bits per heavy atom. The third-order valence-corrected chi connectivity index (χ3v) is 13.1. The summed E-state index contributed by atoms with van der Waals surface area (Å²) in [7, 11) is 0. The summed E-state index contributed by atoms with van der Waals surface area (Å²) < 4.78 is 0.574. The van der Waals surface area contributed by atoms with Crippen LogP contribution < -0.4 is 5.73 Å². The fourth-order valence-electron chi connectivity index (χ4n) is 7.87. The number of ketones is 1. The van der Waals surface area contributed by atoms with E-state index in [1.54, 1.807) is 0 Å². The Morgan fingerprint density at radius 2 is 1.64 bits per heavy atom. The Hall–Kier alpha value is -5.58. The number of nitrogens with two attached hydrogens (primary N) is 1. The summed E-state index contributed by atoms with van der Waals surface area (Å²) in [4.78, 5) is 104. The number of imide groups is 1. The number of nitrogens with zero attached hydrogens (tertiary/aromatic N) is 5. The lowest BCUT2D eigenvalue weighted by Crippen LogP contribution is -2.65. The highest BCUT2D eigenvalue weighted by Crippen LogP contribution is 2.49. The van der Waals surface area contributed by atoms with E-state index in [9.17, 15) is 54.0 Å². The number of carboxylic acid groups (broad SMARTS) is 3. The standard InChI is InChI=1S/C34H34N6O14S2/c35-33-36-19(13-56-33)25(37-54-23(31(49)50)10-24(44)45)22(43)9-18-27(46)38-26(32(51)52)15(12-55-30(18)38)11-40-4-1-34(2-5-40,3-6-40)14-53-39-28(47)16-7-20(41)21(42)8-17(16)29(39)48/h7-8,13,18,23,30H,1-6,9-12,14H2,(H6-,35,36,37,41,42,43,44,45,47,48,49,50,51,52)/p+1/t18-,23+,30-,34?,40?/m1/s1. The van der Waals surface area contributed by atoms with Gasteiger partial charge in [-0.3, -0.25) is 33.7 Å². The smallest absolute Gasteiger partial charge is 0.352 e. The number of aromatic hydroxyl groups is 2. The number of quaternary nitrogens is 1. The second kappa shape index (κ2) is 14.5. The maximum atomic E-state index is 13.6. The molecule has 7 N–H and O–H groups in total. The molecule has 0 saturated carbocycles. The molecule has 7 heterocycles. The second-order valence-electron chi connectivity index (χ2n) is 14.4. The predicted octanol–water partition coefficient (Wildman–Crippen LogP) is 0.843. The van der Waals surface area contributed by atoms with Crippen molar-refractivity contribution in [2.75, 3.05) is 44.3 Å². The highest BCUT2D eigenvalue weighted by molar-refractivity contribution is 8.00. The summed E-state index contributed by atoms with van der Waals surface area (Å²) in [6.07, 6.45) is -1.32. The number of oxime groups is 1. The van der Waals surface area contributed by atoms with Gasteiger partial charge in [0.25, 0.3) is 11.8 Å². The van der Waals surface area contributed by atoms with Crippen molar-refractivity contribution < 1.29 is 73.3 Å². The van der Waals surface area contributed by atoms with Gasteiger partial charge in [-0.15, -0.1) is 28.2 Å². The monoisotopic (exact) mass is 815 g/mol. The Morgan fingerprint density at radius 1 is 1.02 bits per heavy atom. The minimum absolute atomic E-state index is 0.0534. The molecule has 20 nitrogen and oxygen atoms in total. The molecule has 6 aliphatic rings. The molecule has 1 aromatic heterocycles. The van der Waals surface area contributed by atoms with Gasteiger partial charge < -0.3 is 40.6 Å². The molecule has 8 rings (SSSR count). The number of rotatable bonds is 15. The lowest BCUT2D eigenvalue weighted by molar-refractivity contribution is -0.941. The largest absolute Gasteiger partial charge is 0.504 e. The Balaban J connectivity index is 1.00. The summed E-state index contributed by atoms with van der Waals surface area (Å²) in [5, 5.41) is 53.3. The molecular formula is C34H35N6O14S2+. The normalized spacial score (nSPS) is 26.1. The average molecular weight is 816 g/mol. The number of Topliss-reactive ketones (excluding diaryl/α,β-unsaturated/α-hetero) is 1. The van der Waals surface area contributed by atoms with Crippen molar-refractivity contribution in [2.45, 2.75) is 43.6 Å². The van der Waals surface area contributed by atoms with Crippen LogP contribution in [0.15, 0.2) is 33.9 Å². The highest BCUT2D eigenvalue weighted by Gasteiger charge is 2.56. The summed E-state index contributed by atoms with van der Waals surface area (Å²) in [6, 6.07) is 2.05. The van der Waals surface area contributed by atoms with Crippen LogP contribution in [0.1, 0.15) is 58.5 Å². The van der Waals surface area contributed by atoms with Crippen LogP contribution in [0.25, 0.3) is 0 Å². The van der Waals surface area contributed by atoms with Gasteiger partial charge in [-0.1, -0.05) is 5.16 Å². The molecule has 0 radical (unpaired) electrons. The van der Waals surface area contributed by atoms with Crippen molar-refractivity contribution in [3.05, 3.63) is 45.6 Å². The van der Waals surface area contributed by atoms with Gasteiger partial charge >= 0.3 is 17.9 Å². The molecule has 4 saturated heterocycles. The van der Waals surface area contributed by atoms with Gasteiger partial charge in [-0.05, 0) is 12.1 Å². The van der Waals surface area contributed by atoms with Gasteiger partial charge in [0, 0.05) is 47.8 Å². The van der Waals surface area contributed by atoms with E-state index >= 15 is 0 Å².